The molecule has 0 bridgehead atoms. The molecule has 1 aromatic carbocycles. The summed E-state index contributed by atoms with van der Waals surface area (Å²) in [5.41, 5.74) is 2.98. The molecule has 1 unspecified atom stereocenters. The minimum absolute atomic E-state index is 0.634. The molecule has 2 aliphatic heterocycles. The molecule has 1 saturated heterocycles. The lowest BCUT2D eigenvalue weighted by Crippen LogP contribution is -2.36. The maximum Gasteiger partial charge on any atom is 0.0997 e. The molecule has 0 saturated carbocycles. The number of fused-ring (bicyclic) bond motifs is 2. The van der Waals surface area contributed by atoms with Crippen LogP contribution in [-0.4, -0.2) is 24.3 Å². The van der Waals surface area contributed by atoms with E-state index < -0.39 is 0 Å². The van der Waals surface area contributed by atoms with E-state index in [-0.39, 0.29) is 0 Å². The Morgan fingerprint density at radius 2 is 2.08 bits per heavy atom. The molecule has 1 atom stereocenters. The number of hydrogen-bond donors (Lipinski definition) is 0. The van der Waals surface area contributed by atoms with Crippen molar-refractivity contribution >= 4 is 0 Å². The average Bonchev–Trinajstić information content (AvgIpc) is 2.61. The average molecular weight is 175 g/mol. The lowest BCUT2D eigenvalue weighted by atomic mass is 9.95. The Kier molecular flexibility index (Phi) is 1.64. The molecule has 2 heterocycles. The topological polar surface area (TPSA) is 12.5 Å². The van der Waals surface area contributed by atoms with Crippen LogP contribution >= 0.6 is 0 Å². The Bertz CT molecular complexity index is 293. The molecular weight excluding hydrogens is 162 g/mol. The molecule has 68 valence electrons. The predicted molar refractivity (Wildman–Crippen MR) is 50.3 cm³/mol. The zero-order valence-electron chi connectivity index (χ0n) is 7.57. The van der Waals surface area contributed by atoms with Gasteiger partial charge in [-0.3, -0.25) is 4.90 Å². The maximum absolute atomic E-state index is 5.45. The van der Waals surface area contributed by atoms with Gasteiger partial charge in [0.05, 0.1) is 13.3 Å². The standard InChI is InChI=1S/C11H13NO/c1-2-4-10-6-12-8-13-7-11(12)5-9(10)3-1/h1-4,11H,5-8H2. The van der Waals surface area contributed by atoms with Crippen molar-refractivity contribution in [2.24, 2.45) is 0 Å². The Hall–Kier alpha value is -0.860. The molecule has 1 aromatic rings. The third kappa shape index (κ3) is 1.18. The lowest BCUT2D eigenvalue weighted by molar-refractivity contribution is 0.131. The summed E-state index contributed by atoms with van der Waals surface area (Å²) in [5.74, 6) is 0. The molecule has 2 aliphatic rings. The van der Waals surface area contributed by atoms with Gasteiger partial charge in [-0.25, -0.2) is 0 Å². The molecular formula is C11H13NO. The highest BCUT2D eigenvalue weighted by molar-refractivity contribution is 5.30. The number of rotatable bonds is 0. The second-order valence-electron chi connectivity index (χ2n) is 3.87. The van der Waals surface area contributed by atoms with Gasteiger partial charge in [0, 0.05) is 12.6 Å². The van der Waals surface area contributed by atoms with Gasteiger partial charge in [0.1, 0.15) is 0 Å². The van der Waals surface area contributed by atoms with Crippen LogP contribution in [0.15, 0.2) is 24.3 Å². The summed E-state index contributed by atoms with van der Waals surface area (Å²) >= 11 is 0. The highest BCUT2D eigenvalue weighted by atomic mass is 16.5. The van der Waals surface area contributed by atoms with Gasteiger partial charge < -0.3 is 4.74 Å². The second-order valence-corrected chi connectivity index (χ2v) is 3.87. The lowest BCUT2D eigenvalue weighted by Gasteiger charge is -2.29. The summed E-state index contributed by atoms with van der Waals surface area (Å²) < 4.78 is 5.45. The fraction of sp³-hybridized carbons (Fsp3) is 0.455. The Balaban J connectivity index is 1.97. The second kappa shape index (κ2) is 2.82. The molecule has 2 heteroatoms. The van der Waals surface area contributed by atoms with Crippen LogP contribution < -0.4 is 0 Å². The summed E-state index contributed by atoms with van der Waals surface area (Å²) in [5, 5.41) is 0. The van der Waals surface area contributed by atoms with Crippen LogP contribution in [0.3, 0.4) is 0 Å². The molecule has 0 N–H and O–H groups in total. The quantitative estimate of drug-likeness (QED) is 0.591. The fourth-order valence-corrected chi connectivity index (χ4v) is 2.26. The fourth-order valence-electron chi connectivity index (χ4n) is 2.26. The van der Waals surface area contributed by atoms with Crippen LogP contribution in [-0.2, 0) is 17.7 Å². The summed E-state index contributed by atoms with van der Waals surface area (Å²) in [4.78, 5) is 2.42. The van der Waals surface area contributed by atoms with Crippen LogP contribution in [0.5, 0.6) is 0 Å². The van der Waals surface area contributed by atoms with Crippen LogP contribution in [0.2, 0.25) is 0 Å². The summed E-state index contributed by atoms with van der Waals surface area (Å²) in [7, 11) is 0. The molecule has 0 aliphatic carbocycles. The van der Waals surface area contributed by atoms with Crippen molar-refractivity contribution in [3.8, 4) is 0 Å². The van der Waals surface area contributed by atoms with Crippen LogP contribution in [0.25, 0.3) is 0 Å². The number of nitrogens with zero attached hydrogens (tertiary/aromatic N) is 1. The number of benzene rings is 1. The number of hydrogen-bond acceptors (Lipinski definition) is 2. The van der Waals surface area contributed by atoms with Crippen molar-refractivity contribution in [3.05, 3.63) is 35.4 Å². The van der Waals surface area contributed by atoms with Crippen LogP contribution in [0.1, 0.15) is 11.1 Å². The summed E-state index contributed by atoms with van der Waals surface area (Å²) in [6.45, 7) is 2.80. The van der Waals surface area contributed by atoms with Gasteiger partial charge in [-0.2, -0.15) is 0 Å². The van der Waals surface area contributed by atoms with Gasteiger partial charge in [0.25, 0.3) is 0 Å². The molecule has 3 rings (SSSR count). The van der Waals surface area contributed by atoms with Gasteiger partial charge >= 0.3 is 0 Å². The van der Waals surface area contributed by atoms with E-state index in [4.69, 9.17) is 4.74 Å². The van der Waals surface area contributed by atoms with Crippen molar-refractivity contribution in [2.75, 3.05) is 13.3 Å². The van der Waals surface area contributed by atoms with Crippen molar-refractivity contribution in [1.82, 2.24) is 4.90 Å². The zero-order chi connectivity index (χ0) is 8.67. The predicted octanol–water partition coefficient (Wildman–Crippen LogP) is 1.40. The largest absolute Gasteiger partial charge is 0.364 e. The minimum Gasteiger partial charge on any atom is -0.364 e. The van der Waals surface area contributed by atoms with Crippen molar-refractivity contribution < 1.29 is 4.74 Å². The van der Waals surface area contributed by atoms with Gasteiger partial charge in [-0.1, -0.05) is 24.3 Å². The third-order valence-corrected chi connectivity index (χ3v) is 3.03. The smallest absolute Gasteiger partial charge is 0.0997 e. The first-order valence-corrected chi connectivity index (χ1v) is 4.82. The molecule has 0 spiro atoms. The zero-order valence-corrected chi connectivity index (χ0v) is 7.57. The number of ether oxygens (including phenoxy) is 1. The van der Waals surface area contributed by atoms with E-state index in [1.54, 1.807) is 0 Å². The van der Waals surface area contributed by atoms with E-state index in [9.17, 15) is 0 Å². The first-order chi connectivity index (χ1) is 6.43. The van der Waals surface area contributed by atoms with Crippen molar-refractivity contribution in [1.29, 1.82) is 0 Å². The summed E-state index contributed by atoms with van der Waals surface area (Å²) in [6, 6.07) is 9.35. The van der Waals surface area contributed by atoms with E-state index in [1.165, 1.54) is 11.1 Å². The van der Waals surface area contributed by atoms with E-state index in [0.717, 1.165) is 26.3 Å². The first-order valence-electron chi connectivity index (χ1n) is 4.82. The van der Waals surface area contributed by atoms with E-state index in [0.29, 0.717) is 6.04 Å². The molecule has 1 fully saturated rings. The van der Waals surface area contributed by atoms with Gasteiger partial charge in [-0.05, 0) is 17.5 Å². The molecule has 13 heavy (non-hydrogen) atoms. The Morgan fingerprint density at radius 3 is 3.00 bits per heavy atom. The van der Waals surface area contributed by atoms with Gasteiger partial charge in [-0.15, -0.1) is 0 Å². The molecule has 0 amide bonds. The van der Waals surface area contributed by atoms with Gasteiger partial charge in [0.15, 0.2) is 0 Å². The minimum atomic E-state index is 0.634. The monoisotopic (exact) mass is 175 g/mol. The Labute approximate surface area is 78.1 Å². The van der Waals surface area contributed by atoms with Crippen LogP contribution in [0.4, 0.5) is 0 Å². The van der Waals surface area contributed by atoms with Crippen LogP contribution in [0, 0.1) is 0 Å². The highest BCUT2D eigenvalue weighted by Gasteiger charge is 2.29. The van der Waals surface area contributed by atoms with Gasteiger partial charge in [0.2, 0.25) is 0 Å². The molecule has 2 nitrogen and oxygen atoms in total. The molecule has 0 aromatic heterocycles. The Morgan fingerprint density at radius 1 is 1.23 bits per heavy atom. The van der Waals surface area contributed by atoms with Crippen molar-refractivity contribution in [3.63, 3.8) is 0 Å². The normalized spacial score (nSPS) is 26.9. The summed E-state index contributed by atoms with van der Waals surface area (Å²) in [6.07, 6.45) is 1.16. The molecule has 0 radical (unpaired) electrons. The third-order valence-electron chi connectivity index (χ3n) is 3.03. The highest BCUT2D eigenvalue weighted by Crippen LogP contribution is 2.25. The SMILES string of the molecule is c1ccc2c(c1)CC1COCN1C2. The van der Waals surface area contributed by atoms with E-state index in [2.05, 4.69) is 29.2 Å². The van der Waals surface area contributed by atoms with Crippen molar-refractivity contribution in [2.45, 2.75) is 19.0 Å². The van der Waals surface area contributed by atoms with E-state index in [1.807, 2.05) is 0 Å². The maximum atomic E-state index is 5.45. The first kappa shape index (κ1) is 7.54. The van der Waals surface area contributed by atoms with E-state index >= 15 is 0 Å².